The Hall–Kier alpha value is -7.36. The summed E-state index contributed by atoms with van der Waals surface area (Å²) >= 11 is 0. The molecule has 55 heavy (non-hydrogen) atoms. The number of hydrogen-bond acceptors (Lipinski definition) is 3. The SMILES string of the molecule is c1ccc(-c2cc(-c3ccc4nc(-c5ccccc5)c5c(N(c6ccccc6)c6ccccc6)cc6ccccc6c5c4c3)cc(-c3ccccc3)n2)cc1. The van der Waals surface area contributed by atoms with Crippen molar-refractivity contribution in [2.45, 2.75) is 0 Å². The lowest BCUT2D eigenvalue weighted by molar-refractivity contribution is 1.30. The van der Waals surface area contributed by atoms with Crippen LogP contribution in [0.15, 0.2) is 212 Å². The molecule has 8 aromatic carbocycles. The molecule has 0 saturated carbocycles. The predicted octanol–water partition coefficient (Wildman–Crippen LogP) is 14.1. The Morgan fingerprint density at radius 1 is 0.327 bits per heavy atom. The number of rotatable bonds is 7. The zero-order valence-corrected chi connectivity index (χ0v) is 30.0. The highest BCUT2D eigenvalue weighted by molar-refractivity contribution is 6.27. The Balaban J connectivity index is 1.31. The maximum Gasteiger partial charge on any atom is 0.0809 e. The highest BCUT2D eigenvalue weighted by atomic mass is 15.1. The van der Waals surface area contributed by atoms with E-state index in [4.69, 9.17) is 9.97 Å². The Kier molecular flexibility index (Phi) is 8.16. The molecule has 0 aliphatic heterocycles. The highest BCUT2D eigenvalue weighted by Crippen LogP contribution is 2.47. The maximum atomic E-state index is 5.54. The standard InChI is InChI=1S/C52H35N3/c1-6-18-36(19-7-1)47-33-41(34-48(53-47)37-20-8-2-9-21-37)39-30-31-46-45(32-39)50-44-29-17-16-24-40(44)35-49(51(50)52(54-46)38-22-10-3-11-23-38)55(42-25-12-4-13-26-42)43-27-14-5-15-28-43/h1-35H. The number of benzene rings is 8. The van der Waals surface area contributed by atoms with Crippen LogP contribution in [0.5, 0.6) is 0 Å². The smallest absolute Gasteiger partial charge is 0.0809 e. The Morgan fingerprint density at radius 2 is 0.836 bits per heavy atom. The van der Waals surface area contributed by atoms with E-state index in [1.54, 1.807) is 0 Å². The lowest BCUT2D eigenvalue weighted by atomic mass is 9.91. The van der Waals surface area contributed by atoms with Crippen molar-refractivity contribution in [3.8, 4) is 44.9 Å². The molecule has 0 aliphatic rings. The number of fused-ring (bicyclic) bond motifs is 5. The first-order valence-electron chi connectivity index (χ1n) is 18.7. The minimum absolute atomic E-state index is 0.938. The van der Waals surface area contributed by atoms with Gasteiger partial charge >= 0.3 is 0 Å². The molecule has 3 nitrogen and oxygen atoms in total. The topological polar surface area (TPSA) is 29.0 Å². The van der Waals surface area contributed by atoms with E-state index in [1.165, 1.54) is 16.2 Å². The van der Waals surface area contributed by atoms with Gasteiger partial charge in [-0.25, -0.2) is 9.97 Å². The maximum absolute atomic E-state index is 5.54. The van der Waals surface area contributed by atoms with Crippen LogP contribution in [-0.4, -0.2) is 9.97 Å². The molecule has 0 amide bonds. The first kappa shape index (κ1) is 32.3. The molecule has 0 unspecified atom stereocenters. The van der Waals surface area contributed by atoms with Gasteiger partial charge in [-0.1, -0.05) is 158 Å². The number of anilines is 3. The van der Waals surface area contributed by atoms with E-state index in [1.807, 2.05) is 12.1 Å². The van der Waals surface area contributed by atoms with Gasteiger partial charge in [0.2, 0.25) is 0 Å². The quantitative estimate of drug-likeness (QED) is 0.155. The summed E-state index contributed by atoms with van der Waals surface area (Å²) in [6, 6.07) is 75.0. The van der Waals surface area contributed by atoms with E-state index in [2.05, 4.69) is 205 Å². The molecule has 2 aromatic heterocycles. The molecule has 0 spiro atoms. The average molecular weight is 702 g/mol. The van der Waals surface area contributed by atoms with Gasteiger partial charge in [0, 0.05) is 44.2 Å². The van der Waals surface area contributed by atoms with Crippen LogP contribution in [0.4, 0.5) is 17.1 Å². The Morgan fingerprint density at radius 3 is 1.42 bits per heavy atom. The summed E-state index contributed by atoms with van der Waals surface area (Å²) in [6.07, 6.45) is 0. The largest absolute Gasteiger partial charge is 0.310 e. The van der Waals surface area contributed by atoms with Gasteiger partial charge in [0.05, 0.1) is 28.3 Å². The molecule has 0 atom stereocenters. The molecule has 0 N–H and O–H groups in total. The summed E-state index contributed by atoms with van der Waals surface area (Å²) in [6.45, 7) is 0. The van der Waals surface area contributed by atoms with Crippen LogP contribution in [0.3, 0.4) is 0 Å². The van der Waals surface area contributed by atoms with Crippen LogP contribution in [-0.2, 0) is 0 Å². The molecule has 0 bridgehead atoms. The number of para-hydroxylation sites is 2. The molecular formula is C52H35N3. The number of hydrogen-bond donors (Lipinski definition) is 0. The van der Waals surface area contributed by atoms with Crippen molar-refractivity contribution in [3.05, 3.63) is 212 Å². The normalized spacial score (nSPS) is 11.3. The molecule has 0 aliphatic carbocycles. The van der Waals surface area contributed by atoms with Gasteiger partial charge in [-0.15, -0.1) is 0 Å². The predicted molar refractivity (Wildman–Crippen MR) is 231 cm³/mol. The Labute approximate surface area is 320 Å². The van der Waals surface area contributed by atoms with Crippen LogP contribution in [0, 0.1) is 0 Å². The van der Waals surface area contributed by atoms with Crippen LogP contribution >= 0.6 is 0 Å². The number of nitrogens with zero attached hydrogens (tertiary/aromatic N) is 3. The van der Waals surface area contributed by atoms with Crippen LogP contribution in [0.2, 0.25) is 0 Å². The lowest BCUT2D eigenvalue weighted by Crippen LogP contribution is -2.11. The second kappa shape index (κ2) is 13.9. The molecule has 0 radical (unpaired) electrons. The van der Waals surface area contributed by atoms with E-state index in [0.717, 1.165) is 78.3 Å². The first-order valence-corrected chi connectivity index (χ1v) is 18.7. The number of pyridine rings is 2. The molecule has 0 fully saturated rings. The highest BCUT2D eigenvalue weighted by Gasteiger charge is 2.23. The van der Waals surface area contributed by atoms with Crippen molar-refractivity contribution < 1.29 is 0 Å². The second-order valence-electron chi connectivity index (χ2n) is 13.8. The van der Waals surface area contributed by atoms with Gasteiger partial charge in [0.15, 0.2) is 0 Å². The van der Waals surface area contributed by atoms with Gasteiger partial charge in [0.25, 0.3) is 0 Å². The van der Waals surface area contributed by atoms with Crippen molar-refractivity contribution in [2.75, 3.05) is 4.90 Å². The first-order chi connectivity index (χ1) is 27.3. The summed E-state index contributed by atoms with van der Waals surface area (Å²) < 4.78 is 0. The van der Waals surface area contributed by atoms with Crippen molar-refractivity contribution in [2.24, 2.45) is 0 Å². The second-order valence-corrected chi connectivity index (χ2v) is 13.8. The fourth-order valence-corrected chi connectivity index (χ4v) is 7.82. The lowest BCUT2D eigenvalue weighted by Gasteiger charge is -2.28. The summed E-state index contributed by atoms with van der Waals surface area (Å²) in [5.41, 5.74) is 12.5. The van der Waals surface area contributed by atoms with E-state index in [9.17, 15) is 0 Å². The van der Waals surface area contributed by atoms with Crippen LogP contribution < -0.4 is 4.90 Å². The van der Waals surface area contributed by atoms with Gasteiger partial charge < -0.3 is 4.90 Å². The van der Waals surface area contributed by atoms with Gasteiger partial charge in [0.1, 0.15) is 0 Å². The van der Waals surface area contributed by atoms with Gasteiger partial charge in [-0.3, -0.25) is 0 Å². The van der Waals surface area contributed by atoms with E-state index < -0.39 is 0 Å². The molecule has 2 heterocycles. The van der Waals surface area contributed by atoms with Crippen molar-refractivity contribution in [1.82, 2.24) is 9.97 Å². The number of aromatic nitrogens is 2. The molecule has 3 heteroatoms. The molecule has 10 aromatic rings. The van der Waals surface area contributed by atoms with Crippen molar-refractivity contribution in [1.29, 1.82) is 0 Å². The molecule has 10 rings (SSSR count). The van der Waals surface area contributed by atoms with E-state index in [0.29, 0.717) is 0 Å². The van der Waals surface area contributed by atoms with E-state index >= 15 is 0 Å². The van der Waals surface area contributed by atoms with Gasteiger partial charge in [-0.2, -0.15) is 0 Å². The van der Waals surface area contributed by atoms with Gasteiger partial charge in [-0.05, 0) is 76.5 Å². The van der Waals surface area contributed by atoms with Crippen LogP contribution in [0.1, 0.15) is 0 Å². The molecule has 0 saturated heterocycles. The zero-order valence-electron chi connectivity index (χ0n) is 30.0. The van der Waals surface area contributed by atoms with Crippen LogP contribution in [0.25, 0.3) is 77.3 Å². The third kappa shape index (κ3) is 5.98. The summed E-state index contributed by atoms with van der Waals surface area (Å²) in [5, 5.41) is 5.74. The van der Waals surface area contributed by atoms with E-state index in [-0.39, 0.29) is 0 Å². The zero-order chi connectivity index (χ0) is 36.6. The minimum atomic E-state index is 0.938. The monoisotopic (exact) mass is 701 g/mol. The fraction of sp³-hybridized carbons (Fsp3) is 0. The average Bonchev–Trinajstić information content (AvgIpc) is 3.27. The summed E-state index contributed by atoms with van der Waals surface area (Å²) in [7, 11) is 0. The molecule has 258 valence electrons. The minimum Gasteiger partial charge on any atom is -0.310 e. The summed E-state index contributed by atoms with van der Waals surface area (Å²) in [5.74, 6) is 0. The molecular weight excluding hydrogens is 667 g/mol. The third-order valence-electron chi connectivity index (χ3n) is 10.4. The summed E-state index contributed by atoms with van der Waals surface area (Å²) in [4.78, 5) is 13.1. The Bertz CT molecular complexity index is 2850. The third-order valence-corrected chi connectivity index (χ3v) is 10.4. The van der Waals surface area contributed by atoms with Crippen molar-refractivity contribution in [3.63, 3.8) is 0 Å². The van der Waals surface area contributed by atoms with Crippen molar-refractivity contribution >= 4 is 49.5 Å². The fourth-order valence-electron chi connectivity index (χ4n) is 7.82.